The second-order valence-electron chi connectivity index (χ2n) is 5.00. The molecule has 4 heteroatoms. The number of nitrogens with one attached hydrogen (secondary N) is 1. The lowest BCUT2D eigenvalue weighted by molar-refractivity contribution is 0.195. The van der Waals surface area contributed by atoms with Crippen LogP contribution in [0.25, 0.3) is 0 Å². The molecule has 0 saturated heterocycles. The van der Waals surface area contributed by atoms with E-state index in [0.717, 1.165) is 26.1 Å². The molecule has 0 aliphatic rings. The molecule has 0 aromatic heterocycles. The molecule has 19 heavy (non-hydrogen) atoms. The van der Waals surface area contributed by atoms with E-state index in [-0.39, 0.29) is 0 Å². The van der Waals surface area contributed by atoms with Crippen molar-refractivity contribution in [3.8, 4) is 0 Å². The zero-order valence-corrected chi connectivity index (χ0v) is 12.7. The largest absolute Gasteiger partial charge is 0.370 e. The molecule has 0 saturated carbocycles. The second-order valence-corrected chi connectivity index (χ2v) is 5.00. The molecule has 0 aromatic rings. The number of nitrogens with zero attached hydrogens (tertiary/aromatic N) is 2. The highest BCUT2D eigenvalue weighted by atomic mass is 15.2. The first-order chi connectivity index (χ1) is 9.06. The van der Waals surface area contributed by atoms with Crippen LogP contribution in [0, 0.1) is 5.92 Å². The minimum atomic E-state index is 0.345. The lowest BCUT2D eigenvalue weighted by Crippen LogP contribution is -2.42. The van der Waals surface area contributed by atoms with Gasteiger partial charge in [-0.1, -0.05) is 32.9 Å². The van der Waals surface area contributed by atoms with Gasteiger partial charge >= 0.3 is 0 Å². The van der Waals surface area contributed by atoms with Crippen LogP contribution in [0.4, 0.5) is 0 Å². The summed E-state index contributed by atoms with van der Waals surface area (Å²) in [5.41, 5.74) is 5.84. The van der Waals surface area contributed by atoms with Crippen molar-refractivity contribution in [2.24, 2.45) is 16.6 Å². The molecule has 0 rings (SSSR count). The van der Waals surface area contributed by atoms with Gasteiger partial charge in [0.05, 0.1) is 6.54 Å². The molecule has 0 spiro atoms. The first-order valence-electron chi connectivity index (χ1n) is 7.06. The molecular weight excluding hydrogens is 236 g/mol. The molecular formula is C15H30N4. The fourth-order valence-electron chi connectivity index (χ4n) is 1.93. The minimum absolute atomic E-state index is 0.345. The van der Waals surface area contributed by atoms with E-state index < -0.39 is 0 Å². The number of aliphatic imine (C=N–C) groups is 1. The van der Waals surface area contributed by atoms with Gasteiger partial charge in [0.2, 0.25) is 0 Å². The third kappa shape index (κ3) is 7.67. The molecule has 0 fully saturated rings. The standard InChI is InChI=1S/C15H30N4/c1-6-9-17-15(16)18-12-14(13(4)5)19(10-7-2)11-8-3/h7-8,13-14H,2-3,6,9-12H2,1,4-5H3,(H3,16,17,18). The summed E-state index contributed by atoms with van der Waals surface area (Å²) >= 11 is 0. The monoisotopic (exact) mass is 266 g/mol. The molecule has 1 atom stereocenters. The third-order valence-corrected chi connectivity index (χ3v) is 2.97. The Kier molecular flexibility index (Phi) is 9.90. The van der Waals surface area contributed by atoms with Crippen LogP contribution < -0.4 is 11.1 Å². The fourth-order valence-corrected chi connectivity index (χ4v) is 1.93. The third-order valence-electron chi connectivity index (χ3n) is 2.97. The van der Waals surface area contributed by atoms with Gasteiger partial charge in [-0.25, -0.2) is 0 Å². The normalized spacial score (nSPS) is 13.6. The van der Waals surface area contributed by atoms with Crippen molar-refractivity contribution in [2.45, 2.75) is 33.2 Å². The number of hydrogen-bond donors (Lipinski definition) is 2. The summed E-state index contributed by atoms with van der Waals surface area (Å²) in [6, 6.07) is 0.345. The first-order valence-corrected chi connectivity index (χ1v) is 7.06. The number of guanidine groups is 1. The summed E-state index contributed by atoms with van der Waals surface area (Å²) in [6.45, 7) is 17.4. The summed E-state index contributed by atoms with van der Waals surface area (Å²) < 4.78 is 0. The van der Waals surface area contributed by atoms with Crippen LogP contribution in [0.5, 0.6) is 0 Å². The van der Waals surface area contributed by atoms with E-state index >= 15 is 0 Å². The predicted octanol–water partition coefficient (Wildman–Crippen LogP) is 2.00. The Balaban J connectivity index is 4.60. The van der Waals surface area contributed by atoms with Crippen LogP contribution >= 0.6 is 0 Å². The summed E-state index contributed by atoms with van der Waals surface area (Å²) in [5, 5.41) is 3.10. The van der Waals surface area contributed by atoms with Gasteiger partial charge in [0, 0.05) is 25.7 Å². The fraction of sp³-hybridized carbons (Fsp3) is 0.667. The minimum Gasteiger partial charge on any atom is -0.370 e. The SMILES string of the molecule is C=CCN(CC=C)C(CN=C(N)NCCC)C(C)C. The molecule has 0 aliphatic heterocycles. The molecule has 1 unspecified atom stereocenters. The van der Waals surface area contributed by atoms with E-state index in [1.54, 1.807) is 0 Å². The van der Waals surface area contributed by atoms with Crippen molar-refractivity contribution in [3.05, 3.63) is 25.3 Å². The second kappa shape index (κ2) is 10.6. The van der Waals surface area contributed by atoms with Crippen LogP contribution in [-0.4, -0.2) is 43.1 Å². The van der Waals surface area contributed by atoms with Crippen LogP contribution in [-0.2, 0) is 0 Å². The highest BCUT2D eigenvalue weighted by Gasteiger charge is 2.19. The molecule has 0 aromatic carbocycles. The van der Waals surface area contributed by atoms with Crippen molar-refractivity contribution in [3.63, 3.8) is 0 Å². The number of hydrogen-bond acceptors (Lipinski definition) is 2. The molecule has 0 amide bonds. The molecule has 4 nitrogen and oxygen atoms in total. The number of nitrogens with two attached hydrogens (primary N) is 1. The highest BCUT2D eigenvalue weighted by molar-refractivity contribution is 5.77. The van der Waals surface area contributed by atoms with E-state index in [9.17, 15) is 0 Å². The van der Waals surface area contributed by atoms with E-state index in [4.69, 9.17) is 5.73 Å². The van der Waals surface area contributed by atoms with E-state index in [0.29, 0.717) is 24.5 Å². The molecule has 0 heterocycles. The van der Waals surface area contributed by atoms with Gasteiger partial charge in [-0.3, -0.25) is 9.89 Å². The summed E-state index contributed by atoms with van der Waals surface area (Å²) in [4.78, 5) is 6.76. The van der Waals surface area contributed by atoms with Crippen molar-refractivity contribution >= 4 is 5.96 Å². The van der Waals surface area contributed by atoms with Crippen LogP contribution in [0.1, 0.15) is 27.2 Å². The van der Waals surface area contributed by atoms with Gasteiger partial charge in [-0.15, -0.1) is 13.2 Å². The van der Waals surface area contributed by atoms with Crippen molar-refractivity contribution in [2.75, 3.05) is 26.2 Å². The average molecular weight is 266 g/mol. The van der Waals surface area contributed by atoms with Gasteiger partial charge in [0.25, 0.3) is 0 Å². The smallest absolute Gasteiger partial charge is 0.188 e. The maximum absolute atomic E-state index is 5.84. The van der Waals surface area contributed by atoms with Crippen LogP contribution in [0.2, 0.25) is 0 Å². The highest BCUT2D eigenvalue weighted by Crippen LogP contribution is 2.11. The van der Waals surface area contributed by atoms with Gasteiger partial charge in [-0.2, -0.15) is 0 Å². The lowest BCUT2D eigenvalue weighted by atomic mass is 10.0. The molecule has 0 bridgehead atoms. The predicted molar refractivity (Wildman–Crippen MR) is 85.4 cm³/mol. The lowest BCUT2D eigenvalue weighted by Gasteiger charge is -2.31. The number of rotatable bonds is 10. The zero-order chi connectivity index (χ0) is 14.7. The molecule has 110 valence electrons. The van der Waals surface area contributed by atoms with Gasteiger partial charge in [-0.05, 0) is 12.3 Å². The van der Waals surface area contributed by atoms with E-state index in [1.807, 2.05) is 12.2 Å². The Morgan fingerprint density at radius 1 is 1.32 bits per heavy atom. The summed E-state index contributed by atoms with van der Waals surface area (Å²) in [7, 11) is 0. The summed E-state index contributed by atoms with van der Waals surface area (Å²) in [6.07, 6.45) is 4.88. The van der Waals surface area contributed by atoms with Gasteiger partial charge in [0.15, 0.2) is 5.96 Å². The van der Waals surface area contributed by atoms with Gasteiger partial charge < -0.3 is 11.1 Å². The average Bonchev–Trinajstić information content (AvgIpc) is 2.36. The van der Waals surface area contributed by atoms with E-state index in [1.165, 1.54) is 0 Å². The Labute approximate surface area is 118 Å². The van der Waals surface area contributed by atoms with Crippen LogP contribution in [0.3, 0.4) is 0 Å². The maximum atomic E-state index is 5.84. The Morgan fingerprint density at radius 3 is 2.32 bits per heavy atom. The van der Waals surface area contributed by atoms with Crippen molar-refractivity contribution in [1.82, 2.24) is 10.2 Å². The van der Waals surface area contributed by atoms with Crippen molar-refractivity contribution < 1.29 is 0 Å². The van der Waals surface area contributed by atoms with Gasteiger partial charge in [0.1, 0.15) is 0 Å². The topological polar surface area (TPSA) is 53.6 Å². The molecule has 3 N–H and O–H groups in total. The Hall–Kier alpha value is -1.29. The zero-order valence-electron chi connectivity index (χ0n) is 12.7. The molecule has 0 aliphatic carbocycles. The maximum Gasteiger partial charge on any atom is 0.188 e. The van der Waals surface area contributed by atoms with E-state index in [2.05, 4.69) is 49.1 Å². The Morgan fingerprint density at radius 2 is 1.89 bits per heavy atom. The van der Waals surface area contributed by atoms with Crippen molar-refractivity contribution in [1.29, 1.82) is 0 Å². The van der Waals surface area contributed by atoms with Crippen LogP contribution in [0.15, 0.2) is 30.3 Å². The molecule has 0 radical (unpaired) electrons. The summed E-state index contributed by atoms with van der Waals surface area (Å²) in [5.74, 6) is 1.03. The first kappa shape index (κ1) is 17.7. The Bertz CT molecular complexity index is 274. The quantitative estimate of drug-likeness (QED) is 0.361.